The van der Waals surface area contributed by atoms with Crippen LogP contribution in [-0.4, -0.2) is 49.6 Å². The first-order chi connectivity index (χ1) is 9.65. The summed E-state index contributed by atoms with van der Waals surface area (Å²) >= 11 is 0. The highest BCUT2D eigenvalue weighted by atomic mass is 16.6. The number of quaternary nitrogens is 1. The van der Waals surface area contributed by atoms with Crippen LogP contribution in [0.15, 0.2) is 0 Å². The third-order valence-corrected chi connectivity index (χ3v) is 3.82. The van der Waals surface area contributed by atoms with Crippen LogP contribution < -0.4 is 5.06 Å². The molecular formula is C15H29NO5. The van der Waals surface area contributed by atoms with E-state index >= 15 is 0 Å². The Morgan fingerprint density at radius 1 is 1.10 bits per heavy atom. The zero-order valence-electron chi connectivity index (χ0n) is 13.9. The summed E-state index contributed by atoms with van der Waals surface area (Å²) in [5.74, 6) is -0.300. The van der Waals surface area contributed by atoms with Crippen LogP contribution in [-0.2, 0) is 19.0 Å². The fourth-order valence-electron chi connectivity index (χ4n) is 3.05. The Bertz CT molecular complexity index is 325. The maximum absolute atomic E-state index is 12.3. The summed E-state index contributed by atoms with van der Waals surface area (Å²) in [6.07, 6.45) is 1.59. The summed E-state index contributed by atoms with van der Waals surface area (Å²) in [5.41, 5.74) is -0.662. The Morgan fingerprint density at radius 2 is 1.62 bits per heavy atom. The molecular weight excluding hydrogens is 274 g/mol. The number of carbonyl (C=O) groups is 1. The van der Waals surface area contributed by atoms with Crippen LogP contribution in [0.3, 0.4) is 0 Å². The summed E-state index contributed by atoms with van der Waals surface area (Å²) in [6, 6.07) is 0. The quantitative estimate of drug-likeness (QED) is 0.425. The lowest BCUT2D eigenvalue weighted by atomic mass is 9.80. The molecule has 1 heterocycles. The molecule has 124 valence electrons. The van der Waals surface area contributed by atoms with Crippen molar-refractivity contribution in [2.45, 2.75) is 64.6 Å². The summed E-state index contributed by atoms with van der Waals surface area (Å²) in [5, 5.41) is 12.6. The van der Waals surface area contributed by atoms with Crippen molar-refractivity contribution < 1.29 is 24.1 Å². The van der Waals surface area contributed by atoms with Crippen molar-refractivity contribution in [3.05, 3.63) is 5.21 Å². The van der Waals surface area contributed by atoms with Crippen molar-refractivity contribution in [2.24, 2.45) is 0 Å². The molecule has 0 aromatic rings. The van der Waals surface area contributed by atoms with Gasteiger partial charge in [-0.25, -0.2) is 0 Å². The molecule has 0 unspecified atom stereocenters. The Labute approximate surface area is 127 Å². The molecule has 6 heteroatoms. The first-order valence-corrected chi connectivity index (χ1v) is 7.53. The third kappa shape index (κ3) is 5.90. The second-order valence-corrected chi connectivity index (χ2v) is 6.95. The third-order valence-electron chi connectivity index (χ3n) is 3.82. The van der Waals surface area contributed by atoms with Gasteiger partial charge in [0, 0.05) is 19.8 Å². The second kappa shape index (κ2) is 7.54. The van der Waals surface area contributed by atoms with Gasteiger partial charge in [0.25, 0.3) is 0 Å². The van der Waals surface area contributed by atoms with Crippen LogP contribution in [0.4, 0.5) is 0 Å². The van der Waals surface area contributed by atoms with Gasteiger partial charge in [-0.05, 0) is 27.7 Å². The summed E-state index contributed by atoms with van der Waals surface area (Å²) < 4.78 is 15.9. The molecule has 0 bridgehead atoms. The monoisotopic (exact) mass is 303 g/mol. The zero-order chi connectivity index (χ0) is 16.1. The molecule has 0 radical (unpaired) electrons. The van der Waals surface area contributed by atoms with Crippen LogP contribution in [0, 0.1) is 5.21 Å². The van der Waals surface area contributed by atoms with E-state index in [0.717, 1.165) is 12.8 Å². The number of hydrogen-bond donors (Lipinski definition) is 1. The fraction of sp³-hybridized carbons (Fsp3) is 0.933. The van der Waals surface area contributed by atoms with E-state index in [1.165, 1.54) is 6.92 Å². The molecule has 0 aromatic heterocycles. The van der Waals surface area contributed by atoms with Crippen LogP contribution in [0.25, 0.3) is 0 Å². The minimum Gasteiger partial charge on any atom is -0.634 e. The van der Waals surface area contributed by atoms with E-state index in [4.69, 9.17) is 14.2 Å². The van der Waals surface area contributed by atoms with E-state index in [0.29, 0.717) is 24.9 Å². The molecule has 0 saturated carbocycles. The van der Waals surface area contributed by atoms with Gasteiger partial charge in [0.05, 0.1) is 37.0 Å². The average Bonchev–Trinajstić information content (AvgIpc) is 2.33. The Kier molecular flexibility index (Phi) is 6.59. The highest BCUT2D eigenvalue weighted by Gasteiger charge is 2.45. The number of piperidine rings is 1. The topological polar surface area (TPSA) is 72.3 Å². The molecule has 21 heavy (non-hydrogen) atoms. The molecule has 0 aliphatic carbocycles. The fourth-order valence-corrected chi connectivity index (χ4v) is 3.05. The van der Waals surface area contributed by atoms with Crippen molar-refractivity contribution in [1.82, 2.24) is 0 Å². The molecule has 0 aromatic carbocycles. The van der Waals surface area contributed by atoms with Gasteiger partial charge in [-0.2, -0.15) is 0 Å². The van der Waals surface area contributed by atoms with Crippen LogP contribution in [0.5, 0.6) is 0 Å². The van der Waals surface area contributed by atoms with E-state index in [2.05, 4.69) is 0 Å². The number of carbonyl (C=O) groups excluding carboxylic acids is 1. The van der Waals surface area contributed by atoms with Crippen molar-refractivity contribution >= 4 is 5.97 Å². The number of ether oxygens (including phenoxy) is 3. The normalized spacial score (nSPS) is 27.3. The van der Waals surface area contributed by atoms with E-state index in [-0.39, 0.29) is 29.8 Å². The first-order valence-electron chi connectivity index (χ1n) is 7.53. The Hall–Kier alpha value is -0.690. The zero-order valence-corrected chi connectivity index (χ0v) is 13.9. The Morgan fingerprint density at radius 3 is 2.14 bits per heavy atom. The highest BCUT2D eigenvalue weighted by Crippen LogP contribution is 2.25. The predicted octanol–water partition coefficient (Wildman–Crippen LogP) is 0.685. The molecule has 1 fully saturated rings. The van der Waals surface area contributed by atoms with Crippen molar-refractivity contribution in [3.63, 3.8) is 0 Å². The lowest BCUT2D eigenvalue weighted by Crippen LogP contribution is -3.23. The molecule has 1 rings (SSSR count). The first kappa shape index (κ1) is 18.4. The van der Waals surface area contributed by atoms with E-state index in [1.54, 1.807) is 0 Å². The van der Waals surface area contributed by atoms with Gasteiger partial charge in [0.2, 0.25) is 0 Å². The smallest absolute Gasteiger partial charge is 0.302 e. The maximum atomic E-state index is 12.3. The standard InChI is InChI=1S/C15H29NO5/c1-12(17)20-8-6-19-7-9-21-13-10-14(2,3)16(18)15(4,5)11-13/h13,16H,6-11H2,1-5H3. The SMILES string of the molecule is CC(=O)OCCOCCOC1CC(C)(C)[NH+]([O-])C(C)(C)C1. The number of rotatable bonds is 7. The number of nitrogens with one attached hydrogen (secondary N) is 1. The maximum Gasteiger partial charge on any atom is 0.302 e. The lowest BCUT2D eigenvalue weighted by Gasteiger charge is -2.54. The van der Waals surface area contributed by atoms with Gasteiger partial charge >= 0.3 is 5.97 Å². The van der Waals surface area contributed by atoms with Gasteiger partial charge < -0.3 is 24.5 Å². The largest absolute Gasteiger partial charge is 0.634 e. The van der Waals surface area contributed by atoms with Crippen LogP contribution >= 0.6 is 0 Å². The molecule has 1 saturated heterocycles. The van der Waals surface area contributed by atoms with Gasteiger partial charge in [0.15, 0.2) is 0 Å². The summed E-state index contributed by atoms with van der Waals surface area (Å²) in [7, 11) is 0. The van der Waals surface area contributed by atoms with Gasteiger partial charge in [0.1, 0.15) is 6.61 Å². The molecule has 1 aliphatic heterocycles. The second-order valence-electron chi connectivity index (χ2n) is 6.95. The van der Waals surface area contributed by atoms with Crippen molar-refractivity contribution in [3.8, 4) is 0 Å². The number of hydroxylamine groups is 2. The molecule has 1 aliphatic rings. The highest BCUT2D eigenvalue weighted by molar-refractivity contribution is 5.65. The lowest BCUT2D eigenvalue weighted by molar-refractivity contribution is -0.956. The van der Waals surface area contributed by atoms with Crippen LogP contribution in [0.2, 0.25) is 0 Å². The van der Waals surface area contributed by atoms with E-state index in [9.17, 15) is 10.0 Å². The molecule has 0 atom stereocenters. The van der Waals surface area contributed by atoms with Gasteiger partial charge in [-0.3, -0.25) is 4.79 Å². The van der Waals surface area contributed by atoms with Gasteiger partial charge in [-0.1, -0.05) is 0 Å². The van der Waals surface area contributed by atoms with E-state index < -0.39 is 0 Å². The van der Waals surface area contributed by atoms with Gasteiger partial charge in [-0.15, -0.1) is 0 Å². The molecule has 1 N–H and O–H groups in total. The van der Waals surface area contributed by atoms with Crippen molar-refractivity contribution in [1.29, 1.82) is 0 Å². The Balaban J connectivity index is 2.22. The summed E-state index contributed by atoms with van der Waals surface area (Å²) in [6.45, 7) is 10.9. The predicted molar refractivity (Wildman–Crippen MR) is 78.9 cm³/mol. The number of esters is 1. The molecule has 6 nitrogen and oxygen atoms in total. The van der Waals surface area contributed by atoms with E-state index in [1.807, 2.05) is 27.7 Å². The minimum absolute atomic E-state index is 0.0877. The average molecular weight is 303 g/mol. The van der Waals surface area contributed by atoms with Crippen LogP contribution in [0.1, 0.15) is 47.5 Å². The molecule has 0 amide bonds. The summed E-state index contributed by atoms with van der Waals surface area (Å²) in [4.78, 5) is 10.6. The molecule has 0 spiro atoms. The number of hydrogen-bond acceptors (Lipinski definition) is 5. The van der Waals surface area contributed by atoms with Crippen molar-refractivity contribution in [2.75, 3.05) is 26.4 Å². The minimum atomic E-state index is -0.331.